The maximum Gasteiger partial charge on any atom is 0.433 e. The lowest BCUT2D eigenvalue weighted by Crippen LogP contribution is -2.40. The maximum absolute atomic E-state index is 13.4. The summed E-state index contributed by atoms with van der Waals surface area (Å²) >= 11 is 6.08. The van der Waals surface area contributed by atoms with Gasteiger partial charge in [-0.1, -0.05) is 24.6 Å². The van der Waals surface area contributed by atoms with Crippen molar-refractivity contribution in [3.05, 3.63) is 64.8 Å². The van der Waals surface area contributed by atoms with Crippen LogP contribution in [-0.2, 0) is 11.0 Å². The molecule has 2 aromatic carbocycles. The van der Waals surface area contributed by atoms with Crippen LogP contribution in [0, 0.1) is 0 Å². The topological polar surface area (TPSA) is 83.1 Å². The van der Waals surface area contributed by atoms with E-state index in [0.717, 1.165) is 6.07 Å². The highest BCUT2D eigenvalue weighted by Crippen LogP contribution is 2.35. The van der Waals surface area contributed by atoms with Crippen molar-refractivity contribution in [3.8, 4) is 0 Å². The van der Waals surface area contributed by atoms with Crippen LogP contribution in [0.5, 0.6) is 0 Å². The summed E-state index contributed by atoms with van der Waals surface area (Å²) in [4.78, 5) is 28.1. The molecule has 0 radical (unpaired) electrons. The number of nitrogens with one attached hydrogen (secondary N) is 3. The number of hydrogen-bond acceptors (Lipinski definition) is 4. The summed E-state index contributed by atoms with van der Waals surface area (Å²) in [6, 6.07) is 12.3. The third-order valence-electron chi connectivity index (χ3n) is 6.21. The van der Waals surface area contributed by atoms with E-state index in [2.05, 4.69) is 20.9 Å². The molecule has 1 saturated carbocycles. The van der Waals surface area contributed by atoms with Gasteiger partial charge in [-0.25, -0.2) is 4.98 Å². The van der Waals surface area contributed by atoms with Crippen molar-refractivity contribution >= 4 is 45.7 Å². The number of hydrogen-bond donors (Lipinski definition) is 3. The minimum atomic E-state index is -4.57. The molecule has 1 heterocycles. The third-order valence-corrected chi connectivity index (χ3v) is 6.45. The standard InChI is InChI=1S/C26H26ClF3N4O2/c1-2-24(35)32-19-5-3-4-15(12-19)25(36)33-18-9-7-17(8-10-18)31-22-14-23(26(28,29)30)34-21-11-6-16(27)13-20(21)22/h3-6,11-14,17-18H,2,7-10H2,1H3,(H,31,34)(H,32,35)(H,33,36). The molecule has 1 aromatic heterocycles. The van der Waals surface area contributed by atoms with Crippen molar-refractivity contribution < 1.29 is 22.8 Å². The van der Waals surface area contributed by atoms with E-state index < -0.39 is 11.9 Å². The van der Waals surface area contributed by atoms with Gasteiger partial charge in [0.15, 0.2) is 0 Å². The molecule has 0 bridgehead atoms. The summed E-state index contributed by atoms with van der Waals surface area (Å²) < 4.78 is 40.2. The Morgan fingerprint density at radius 1 is 1.03 bits per heavy atom. The zero-order valence-electron chi connectivity index (χ0n) is 19.6. The predicted molar refractivity (Wildman–Crippen MR) is 134 cm³/mol. The van der Waals surface area contributed by atoms with Crippen LogP contribution >= 0.6 is 11.6 Å². The van der Waals surface area contributed by atoms with Gasteiger partial charge in [0.2, 0.25) is 5.91 Å². The van der Waals surface area contributed by atoms with Gasteiger partial charge in [0, 0.05) is 45.9 Å². The smallest absolute Gasteiger partial charge is 0.382 e. The van der Waals surface area contributed by atoms with E-state index in [1.54, 1.807) is 37.3 Å². The zero-order valence-corrected chi connectivity index (χ0v) is 20.3. The number of anilines is 2. The molecule has 2 amide bonds. The molecule has 1 aliphatic rings. The van der Waals surface area contributed by atoms with E-state index in [0.29, 0.717) is 59.5 Å². The van der Waals surface area contributed by atoms with E-state index in [-0.39, 0.29) is 29.4 Å². The van der Waals surface area contributed by atoms with E-state index >= 15 is 0 Å². The quantitative estimate of drug-likeness (QED) is 0.352. The summed E-state index contributed by atoms with van der Waals surface area (Å²) in [6.45, 7) is 1.75. The van der Waals surface area contributed by atoms with Crippen LogP contribution in [0.2, 0.25) is 5.02 Å². The molecule has 1 fully saturated rings. The molecule has 0 spiro atoms. The molecule has 36 heavy (non-hydrogen) atoms. The van der Waals surface area contributed by atoms with Gasteiger partial charge < -0.3 is 16.0 Å². The van der Waals surface area contributed by atoms with Crippen LogP contribution < -0.4 is 16.0 Å². The predicted octanol–water partition coefficient (Wildman–Crippen LogP) is 6.41. The largest absolute Gasteiger partial charge is 0.433 e. The Morgan fingerprint density at radius 3 is 2.44 bits per heavy atom. The van der Waals surface area contributed by atoms with E-state index in [1.807, 2.05) is 0 Å². The van der Waals surface area contributed by atoms with Crippen molar-refractivity contribution in [3.63, 3.8) is 0 Å². The lowest BCUT2D eigenvalue weighted by atomic mass is 9.90. The van der Waals surface area contributed by atoms with Crippen molar-refractivity contribution in [2.75, 3.05) is 10.6 Å². The number of aromatic nitrogens is 1. The lowest BCUT2D eigenvalue weighted by Gasteiger charge is -2.31. The monoisotopic (exact) mass is 518 g/mol. The second kappa shape index (κ2) is 10.7. The molecule has 190 valence electrons. The molecule has 3 aromatic rings. The van der Waals surface area contributed by atoms with Gasteiger partial charge in [0.05, 0.1) is 5.52 Å². The highest BCUT2D eigenvalue weighted by Gasteiger charge is 2.34. The minimum absolute atomic E-state index is 0.0567. The first kappa shape index (κ1) is 25.8. The Kier molecular flexibility index (Phi) is 7.68. The Bertz CT molecular complexity index is 1270. The summed E-state index contributed by atoms with van der Waals surface area (Å²) in [5.41, 5.74) is 0.607. The number of carbonyl (C=O) groups is 2. The number of amides is 2. The van der Waals surface area contributed by atoms with Gasteiger partial charge in [-0.3, -0.25) is 9.59 Å². The van der Waals surface area contributed by atoms with Crippen LogP contribution in [0.4, 0.5) is 24.5 Å². The fourth-order valence-corrected chi connectivity index (χ4v) is 4.49. The molecule has 10 heteroatoms. The van der Waals surface area contributed by atoms with Gasteiger partial charge in [-0.2, -0.15) is 13.2 Å². The summed E-state index contributed by atoms with van der Waals surface area (Å²) in [5.74, 6) is -0.367. The normalized spacial score (nSPS) is 18.0. The number of fused-ring (bicyclic) bond motifs is 1. The SMILES string of the molecule is CCC(=O)Nc1cccc(C(=O)NC2CCC(Nc3cc(C(F)(F)F)nc4ccc(Cl)cc34)CC2)c1. The zero-order chi connectivity index (χ0) is 25.9. The van der Waals surface area contributed by atoms with Gasteiger partial charge in [-0.05, 0) is 68.1 Å². The van der Waals surface area contributed by atoms with Crippen LogP contribution in [-0.4, -0.2) is 28.9 Å². The number of pyridine rings is 1. The molecule has 0 saturated heterocycles. The van der Waals surface area contributed by atoms with E-state index in [9.17, 15) is 22.8 Å². The van der Waals surface area contributed by atoms with Crippen LogP contribution in [0.3, 0.4) is 0 Å². The number of benzene rings is 2. The first-order valence-corrected chi connectivity index (χ1v) is 12.1. The molecule has 1 aliphatic carbocycles. The molecule has 0 atom stereocenters. The second-order valence-corrected chi connectivity index (χ2v) is 9.30. The van der Waals surface area contributed by atoms with Gasteiger partial charge in [0.25, 0.3) is 5.91 Å². The molecule has 6 nitrogen and oxygen atoms in total. The Balaban J connectivity index is 1.40. The highest BCUT2D eigenvalue weighted by atomic mass is 35.5. The van der Waals surface area contributed by atoms with Crippen molar-refractivity contribution in [1.82, 2.24) is 10.3 Å². The Labute approximate surface area is 211 Å². The molecule has 3 N–H and O–H groups in total. The fraction of sp³-hybridized carbons (Fsp3) is 0.346. The van der Waals surface area contributed by atoms with Crippen LogP contribution in [0.25, 0.3) is 10.9 Å². The minimum Gasteiger partial charge on any atom is -0.382 e. The molecule has 4 rings (SSSR count). The van der Waals surface area contributed by atoms with Gasteiger partial charge in [-0.15, -0.1) is 0 Å². The highest BCUT2D eigenvalue weighted by molar-refractivity contribution is 6.31. The summed E-state index contributed by atoms with van der Waals surface area (Å²) in [6.07, 6.45) is -1.54. The molecule has 0 aliphatic heterocycles. The number of rotatable bonds is 6. The van der Waals surface area contributed by atoms with Crippen molar-refractivity contribution in [1.29, 1.82) is 0 Å². The first-order chi connectivity index (χ1) is 17.1. The van der Waals surface area contributed by atoms with E-state index in [4.69, 9.17) is 11.6 Å². The Morgan fingerprint density at radius 2 is 1.75 bits per heavy atom. The van der Waals surface area contributed by atoms with Gasteiger partial charge >= 0.3 is 6.18 Å². The first-order valence-electron chi connectivity index (χ1n) is 11.8. The Hall–Kier alpha value is -3.33. The van der Waals surface area contributed by atoms with Crippen molar-refractivity contribution in [2.24, 2.45) is 0 Å². The molecular weight excluding hydrogens is 493 g/mol. The number of alkyl halides is 3. The fourth-order valence-electron chi connectivity index (χ4n) is 4.32. The van der Waals surface area contributed by atoms with Crippen LogP contribution in [0.1, 0.15) is 55.1 Å². The van der Waals surface area contributed by atoms with Gasteiger partial charge in [0.1, 0.15) is 5.69 Å². The number of halogens is 4. The second-order valence-electron chi connectivity index (χ2n) is 8.86. The summed E-state index contributed by atoms with van der Waals surface area (Å²) in [7, 11) is 0. The number of carbonyl (C=O) groups excluding carboxylic acids is 2. The summed E-state index contributed by atoms with van der Waals surface area (Å²) in [5, 5.41) is 9.95. The average molecular weight is 519 g/mol. The van der Waals surface area contributed by atoms with Crippen molar-refractivity contribution in [2.45, 2.75) is 57.3 Å². The average Bonchev–Trinajstić information content (AvgIpc) is 2.84. The molecular formula is C26H26ClF3N4O2. The number of nitrogens with zero attached hydrogens (tertiary/aromatic N) is 1. The maximum atomic E-state index is 13.4. The molecule has 0 unspecified atom stereocenters. The lowest BCUT2D eigenvalue weighted by molar-refractivity contribution is -0.140. The third kappa shape index (κ3) is 6.26. The van der Waals surface area contributed by atoms with E-state index in [1.165, 1.54) is 12.1 Å². The van der Waals surface area contributed by atoms with Crippen LogP contribution in [0.15, 0.2) is 48.5 Å².